The van der Waals surface area contributed by atoms with Gasteiger partial charge in [-0.05, 0) is 24.6 Å². The minimum atomic E-state index is -2.95. The number of nitrogens with one attached hydrogen (secondary N) is 1. The van der Waals surface area contributed by atoms with Gasteiger partial charge in [-0.3, -0.25) is 4.79 Å². The largest absolute Gasteiger partial charge is 0.399 e. The highest BCUT2D eigenvalue weighted by Crippen LogP contribution is 2.20. The Labute approximate surface area is 116 Å². The van der Waals surface area contributed by atoms with E-state index in [0.29, 0.717) is 12.1 Å². The fourth-order valence-electron chi connectivity index (χ4n) is 1.93. The van der Waals surface area contributed by atoms with Crippen molar-refractivity contribution in [2.24, 2.45) is 0 Å². The van der Waals surface area contributed by atoms with Gasteiger partial charge in [0.2, 0.25) is 5.91 Å². The van der Waals surface area contributed by atoms with Gasteiger partial charge in [0.05, 0.1) is 17.3 Å². The number of hydrogen-bond acceptors (Lipinski definition) is 5. The molecule has 1 aromatic rings. The standard InChI is InChI=1S/C12H16N2O3S2/c13-9-2-1-3-11(6-9)18-7-12(15)14-10-4-5-19(16,17)8-10/h1-3,6,10H,4-5,7-8,13H2,(H,14,15). The van der Waals surface area contributed by atoms with Crippen molar-refractivity contribution in [1.29, 1.82) is 0 Å². The number of thioether (sulfide) groups is 1. The van der Waals surface area contributed by atoms with Gasteiger partial charge < -0.3 is 11.1 Å². The van der Waals surface area contributed by atoms with Gasteiger partial charge in [0.1, 0.15) is 0 Å². The summed E-state index contributed by atoms with van der Waals surface area (Å²) in [6.45, 7) is 0. The van der Waals surface area contributed by atoms with Gasteiger partial charge >= 0.3 is 0 Å². The highest BCUT2D eigenvalue weighted by molar-refractivity contribution is 8.00. The lowest BCUT2D eigenvalue weighted by Gasteiger charge is -2.10. The Bertz CT molecular complexity index is 572. The average Bonchev–Trinajstić information content (AvgIpc) is 2.66. The van der Waals surface area contributed by atoms with Crippen LogP contribution in [0.15, 0.2) is 29.2 Å². The first kappa shape index (κ1) is 14.2. The molecule has 0 aliphatic carbocycles. The van der Waals surface area contributed by atoms with Gasteiger partial charge in [-0.2, -0.15) is 0 Å². The predicted molar refractivity (Wildman–Crippen MR) is 76.8 cm³/mol. The molecule has 1 aromatic carbocycles. The molecule has 0 aromatic heterocycles. The molecule has 104 valence electrons. The van der Waals surface area contributed by atoms with Crippen molar-refractivity contribution in [3.05, 3.63) is 24.3 Å². The third-order valence-corrected chi connectivity index (χ3v) is 5.59. The SMILES string of the molecule is Nc1cccc(SCC(=O)NC2CCS(=O)(=O)C2)c1. The highest BCUT2D eigenvalue weighted by Gasteiger charge is 2.28. The number of amides is 1. The number of nitrogens with two attached hydrogens (primary N) is 1. The summed E-state index contributed by atoms with van der Waals surface area (Å²) in [6.07, 6.45) is 0.511. The molecule has 1 aliphatic heterocycles. The number of rotatable bonds is 4. The van der Waals surface area contributed by atoms with Crippen LogP contribution < -0.4 is 11.1 Å². The van der Waals surface area contributed by atoms with Crippen molar-refractivity contribution >= 4 is 33.2 Å². The first-order chi connectivity index (χ1) is 8.94. The van der Waals surface area contributed by atoms with Gasteiger partial charge in [-0.1, -0.05) is 6.07 Å². The maximum atomic E-state index is 11.7. The minimum absolute atomic E-state index is 0.0572. The number of benzene rings is 1. The molecule has 7 heteroatoms. The van der Waals surface area contributed by atoms with Crippen LogP contribution in [0.1, 0.15) is 6.42 Å². The molecule has 2 rings (SSSR count). The summed E-state index contributed by atoms with van der Waals surface area (Å²) >= 11 is 1.38. The van der Waals surface area contributed by atoms with Crippen LogP contribution in [0.2, 0.25) is 0 Å². The van der Waals surface area contributed by atoms with E-state index in [1.165, 1.54) is 11.8 Å². The van der Waals surface area contributed by atoms with E-state index >= 15 is 0 Å². The molecule has 0 spiro atoms. The Kier molecular flexibility index (Phi) is 4.36. The van der Waals surface area contributed by atoms with E-state index in [9.17, 15) is 13.2 Å². The second-order valence-corrected chi connectivity index (χ2v) is 7.81. The minimum Gasteiger partial charge on any atom is -0.399 e. The fourth-order valence-corrected chi connectivity index (χ4v) is 4.38. The third kappa shape index (κ3) is 4.43. The van der Waals surface area contributed by atoms with E-state index in [1.807, 2.05) is 12.1 Å². The normalized spacial score (nSPS) is 21.2. The molecule has 1 unspecified atom stereocenters. The van der Waals surface area contributed by atoms with Crippen LogP contribution >= 0.6 is 11.8 Å². The summed E-state index contributed by atoms with van der Waals surface area (Å²) in [5.74, 6) is 0.344. The second kappa shape index (κ2) is 5.83. The number of carbonyl (C=O) groups is 1. The zero-order valence-electron chi connectivity index (χ0n) is 10.3. The Morgan fingerprint density at radius 1 is 1.47 bits per heavy atom. The summed E-state index contributed by atoms with van der Waals surface area (Å²) in [5.41, 5.74) is 6.31. The molecule has 1 fully saturated rings. The summed E-state index contributed by atoms with van der Waals surface area (Å²) in [6, 6.07) is 7.07. The maximum absolute atomic E-state index is 11.7. The molecule has 1 amide bonds. The van der Waals surface area contributed by atoms with Gasteiger partial charge in [-0.25, -0.2) is 8.42 Å². The zero-order chi connectivity index (χ0) is 13.9. The van der Waals surface area contributed by atoms with Crippen LogP contribution in [-0.4, -0.2) is 37.6 Å². The molecular formula is C12H16N2O3S2. The molecule has 1 atom stereocenters. The summed E-state index contributed by atoms with van der Waals surface area (Å²) in [7, 11) is -2.95. The topological polar surface area (TPSA) is 89.3 Å². The lowest BCUT2D eigenvalue weighted by molar-refractivity contribution is -0.119. The lowest BCUT2D eigenvalue weighted by Crippen LogP contribution is -2.36. The average molecular weight is 300 g/mol. The van der Waals surface area contributed by atoms with Crippen molar-refractivity contribution in [1.82, 2.24) is 5.32 Å². The number of anilines is 1. The van der Waals surface area contributed by atoms with Crippen LogP contribution in [0.3, 0.4) is 0 Å². The summed E-state index contributed by atoms with van der Waals surface area (Å²) in [5, 5.41) is 2.75. The number of nitrogen functional groups attached to an aromatic ring is 1. The van der Waals surface area contributed by atoms with E-state index in [4.69, 9.17) is 5.73 Å². The molecule has 0 bridgehead atoms. The first-order valence-corrected chi connectivity index (χ1v) is 8.73. The van der Waals surface area contributed by atoms with Gasteiger partial charge in [0.15, 0.2) is 9.84 Å². The molecule has 0 saturated carbocycles. The van der Waals surface area contributed by atoms with Crippen molar-refractivity contribution < 1.29 is 13.2 Å². The van der Waals surface area contributed by atoms with Gasteiger partial charge in [-0.15, -0.1) is 11.8 Å². The smallest absolute Gasteiger partial charge is 0.230 e. The molecule has 0 radical (unpaired) electrons. The Hall–Kier alpha value is -1.21. The Morgan fingerprint density at radius 2 is 2.26 bits per heavy atom. The van der Waals surface area contributed by atoms with E-state index in [1.54, 1.807) is 12.1 Å². The third-order valence-electron chi connectivity index (χ3n) is 2.83. The van der Waals surface area contributed by atoms with Crippen molar-refractivity contribution in [2.75, 3.05) is 23.0 Å². The second-order valence-electron chi connectivity index (χ2n) is 4.53. The molecule has 5 nitrogen and oxygen atoms in total. The van der Waals surface area contributed by atoms with Crippen molar-refractivity contribution in [2.45, 2.75) is 17.4 Å². The zero-order valence-corrected chi connectivity index (χ0v) is 12.0. The number of hydrogen-bond donors (Lipinski definition) is 2. The first-order valence-electron chi connectivity index (χ1n) is 5.93. The molecule has 1 aliphatic rings. The highest BCUT2D eigenvalue weighted by atomic mass is 32.2. The fraction of sp³-hybridized carbons (Fsp3) is 0.417. The van der Waals surface area contributed by atoms with E-state index in [-0.39, 0.29) is 29.2 Å². The quantitative estimate of drug-likeness (QED) is 0.630. The summed E-state index contributed by atoms with van der Waals surface area (Å²) in [4.78, 5) is 12.6. The molecular weight excluding hydrogens is 284 g/mol. The van der Waals surface area contributed by atoms with Gasteiger partial charge in [0, 0.05) is 16.6 Å². The lowest BCUT2D eigenvalue weighted by atomic mass is 10.3. The van der Waals surface area contributed by atoms with Crippen LogP contribution in [0.4, 0.5) is 5.69 Å². The number of sulfone groups is 1. The molecule has 1 saturated heterocycles. The predicted octanol–water partition coefficient (Wildman–Crippen LogP) is 0.664. The number of carbonyl (C=O) groups excluding carboxylic acids is 1. The van der Waals surface area contributed by atoms with E-state index < -0.39 is 9.84 Å². The molecule has 19 heavy (non-hydrogen) atoms. The van der Waals surface area contributed by atoms with Crippen LogP contribution in [0.5, 0.6) is 0 Å². The maximum Gasteiger partial charge on any atom is 0.230 e. The Morgan fingerprint density at radius 3 is 2.89 bits per heavy atom. The van der Waals surface area contributed by atoms with Crippen molar-refractivity contribution in [3.8, 4) is 0 Å². The summed E-state index contributed by atoms with van der Waals surface area (Å²) < 4.78 is 22.5. The van der Waals surface area contributed by atoms with E-state index in [2.05, 4.69) is 5.32 Å². The van der Waals surface area contributed by atoms with Gasteiger partial charge in [0.25, 0.3) is 0 Å². The molecule has 1 heterocycles. The Balaban J connectivity index is 1.79. The van der Waals surface area contributed by atoms with Crippen LogP contribution in [0.25, 0.3) is 0 Å². The monoisotopic (exact) mass is 300 g/mol. The van der Waals surface area contributed by atoms with E-state index in [0.717, 1.165) is 4.90 Å². The molecule has 3 N–H and O–H groups in total. The van der Waals surface area contributed by atoms with Crippen LogP contribution in [-0.2, 0) is 14.6 Å². The van der Waals surface area contributed by atoms with Crippen LogP contribution in [0, 0.1) is 0 Å². The van der Waals surface area contributed by atoms with Crippen molar-refractivity contribution in [3.63, 3.8) is 0 Å².